The largest absolute Gasteiger partial charge is 0.467 e. The van der Waals surface area contributed by atoms with Crippen molar-refractivity contribution >= 4 is 28.8 Å². The van der Waals surface area contributed by atoms with Gasteiger partial charge in [0.25, 0.3) is 11.8 Å². The van der Waals surface area contributed by atoms with Crippen molar-refractivity contribution in [2.75, 3.05) is 12.4 Å². The third kappa shape index (κ3) is 4.10. The number of carbonyl (C=O) groups is 2. The molecule has 0 saturated carbocycles. The summed E-state index contributed by atoms with van der Waals surface area (Å²) in [5.74, 6) is 0.186. The van der Waals surface area contributed by atoms with E-state index in [1.54, 1.807) is 55.5 Å². The van der Waals surface area contributed by atoms with E-state index in [1.165, 1.54) is 11.3 Å². The van der Waals surface area contributed by atoms with Crippen LogP contribution in [0, 0.1) is 6.92 Å². The highest BCUT2D eigenvalue weighted by molar-refractivity contribution is 7.13. The van der Waals surface area contributed by atoms with Gasteiger partial charge < -0.3 is 14.6 Å². The molecule has 0 unspecified atom stereocenters. The van der Waals surface area contributed by atoms with Crippen LogP contribution in [0.25, 0.3) is 0 Å². The molecule has 0 saturated heterocycles. The van der Waals surface area contributed by atoms with E-state index in [2.05, 4.69) is 15.5 Å². The fraction of sp³-hybridized carbons (Fsp3) is 0.176. The van der Waals surface area contributed by atoms with Crippen LogP contribution in [0.1, 0.15) is 30.9 Å². The Bertz CT molecular complexity index is 889. The first kappa shape index (κ1) is 16.8. The van der Waals surface area contributed by atoms with E-state index in [9.17, 15) is 9.59 Å². The maximum absolute atomic E-state index is 12.5. The second-order valence-electron chi connectivity index (χ2n) is 5.40. The lowest BCUT2D eigenvalue weighted by Gasteiger charge is -2.16. The van der Waals surface area contributed by atoms with Crippen molar-refractivity contribution in [1.29, 1.82) is 0 Å². The van der Waals surface area contributed by atoms with Gasteiger partial charge in [-0.2, -0.15) is 0 Å². The van der Waals surface area contributed by atoms with Gasteiger partial charge in [0.2, 0.25) is 5.01 Å². The summed E-state index contributed by atoms with van der Waals surface area (Å²) in [6, 6.07) is 10.4. The lowest BCUT2D eigenvalue weighted by molar-refractivity contribution is 0.0775. The topological polar surface area (TPSA) is 88.3 Å². The summed E-state index contributed by atoms with van der Waals surface area (Å²) in [4.78, 5) is 26.2. The molecule has 7 nitrogen and oxygen atoms in total. The molecule has 2 amide bonds. The fourth-order valence-corrected chi connectivity index (χ4v) is 2.82. The number of aromatic nitrogens is 2. The fourth-order valence-electron chi connectivity index (χ4n) is 2.23. The van der Waals surface area contributed by atoms with Crippen molar-refractivity contribution < 1.29 is 14.0 Å². The van der Waals surface area contributed by atoms with Crippen molar-refractivity contribution in [3.05, 3.63) is 64.0 Å². The van der Waals surface area contributed by atoms with Crippen LogP contribution >= 0.6 is 11.3 Å². The minimum atomic E-state index is -0.348. The molecule has 0 fully saturated rings. The molecule has 3 rings (SSSR count). The molecule has 8 heteroatoms. The smallest absolute Gasteiger partial charge is 0.286 e. The molecular formula is C17H16N4O3S. The molecular weight excluding hydrogens is 340 g/mol. The number of benzene rings is 1. The van der Waals surface area contributed by atoms with Gasteiger partial charge in [-0.1, -0.05) is 17.4 Å². The average Bonchev–Trinajstić information content (AvgIpc) is 3.26. The minimum Gasteiger partial charge on any atom is -0.467 e. The van der Waals surface area contributed by atoms with Crippen LogP contribution in [0.4, 0.5) is 5.69 Å². The number of rotatable bonds is 5. The first-order chi connectivity index (χ1) is 12.0. The summed E-state index contributed by atoms with van der Waals surface area (Å²) in [6.45, 7) is 2.15. The second kappa shape index (κ2) is 7.27. The molecule has 0 spiro atoms. The summed E-state index contributed by atoms with van der Waals surface area (Å²) in [5, 5.41) is 11.4. The Labute approximate surface area is 148 Å². The zero-order valence-electron chi connectivity index (χ0n) is 13.7. The van der Waals surface area contributed by atoms with Gasteiger partial charge in [-0.05, 0) is 37.3 Å². The second-order valence-corrected chi connectivity index (χ2v) is 6.58. The Hall–Kier alpha value is -3.00. The Morgan fingerprint density at radius 1 is 1.24 bits per heavy atom. The number of aryl methyl sites for hydroxylation is 1. The lowest BCUT2D eigenvalue weighted by Crippen LogP contribution is -2.26. The number of carbonyl (C=O) groups excluding carboxylic acids is 2. The number of hydrogen-bond acceptors (Lipinski definition) is 6. The first-order valence-corrected chi connectivity index (χ1v) is 8.34. The van der Waals surface area contributed by atoms with Crippen LogP contribution in [0.2, 0.25) is 0 Å². The number of anilines is 1. The van der Waals surface area contributed by atoms with Crippen LogP contribution in [-0.4, -0.2) is 34.0 Å². The van der Waals surface area contributed by atoms with Crippen LogP contribution in [-0.2, 0) is 6.54 Å². The van der Waals surface area contributed by atoms with Crippen LogP contribution in [0.3, 0.4) is 0 Å². The highest BCUT2D eigenvalue weighted by Gasteiger charge is 2.15. The molecule has 2 aromatic heterocycles. The highest BCUT2D eigenvalue weighted by Crippen LogP contribution is 2.16. The molecule has 1 N–H and O–H groups in total. The van der Waals surface area contributed by atoms with Crippen LogP contribution < -0.4 is 5.32 Å². The normalized spacial score (nSPS) is 10.5. The Balaban J connectivity index is 1.70. The summed E-state index contributed by atoms with van der Waals surface area (Å²) in [5.41, 5.74) is 0.996. The van der Waals surface area contributed by atoms with E-state index < -0.39 is 0 Å². The number of nitrogens with one attached hydrogen (secondary N) is 1. The van der Waals surface area contributed by atoms with Gasteiger partial charge in [0, 0.05) is 18.3 Å². The van der Waals surface area contributed by atoms with E-state index in [0.29, 0.717) is 28.6 Å². The van der Waals surface area contributed by atoms with Gasteiger partial charge in [0.1, 0.15) is 10.8 Å². The van der Waals surface area contributed by atoms with Crippen molar-refractivity contribution in [3.8, 4) is 0 Å². The number of amides is 2. The molecule has 25 heavy (non-hydrogen) atoms. The molecule has 0 aliphatic carbocycles. The maximum Gasteiger partial charge on any atom is 0.286 e. The lowest BCUT2D eigenvalue weighted by atomic mass is 10.1. The molecule has 2 heterocycles. The van der Waals surface area contributed by atoms with Gasteiger partial charge >= 0.3 is 0 Å². The minimum absolute atomic E-state index is 0.167. The maximum atomic E-state index is 12.5. The van der Waals surface area contributed by atoms with Gasteiger partial charge in [0.05, 0.1) is 12.8 Å². The molecule has 3 aromatic rings. The van der Waals surface area contributed by atoms with Crippen molar-refractivity contribution in [2.45, 2.75) is 13.5 Å². The zero-order chi connectivity index (χ0) is 17.8. The van der Waals surface area contributed by atoms with Crippen molar-refractivity contribution in [1.82, 2.24) is 15.1 Å². The summed E-state index contributed by atoms with van der Waals surface area (Å²) in [7, 11) is 1.69. The monoisotopic (exact) mass is 356 g/mol. The van der Waals surface area contributed by atoms with Gasteiger partial charge in [-0.3, -0.25) is 9.59 Å². The van der Waals surface area contributed by atoms with E-state index in [4.69, 9.17) is 4.42 Å². The van der Waals surface area contributed by atoms with E-state index in [-0.39, 0.29) is 16.8 Å². The molecule has 0 aliphatic heterocycles. The molecule has 0 aliphatic rings. The molecule has 0 radical (unpaired) electrons. The molecule has 0 bridgehead atoms. The van der Waals surface area contributed by atoms with Crippen molar-refractivity contribution in [3.63, 3.8) is 0 Å². The number of furan rings is 1. The van der Waals surface area contributed by atoms with E-state index in [1.807, 2.05) is 6.07 Å². The number of hydrogen-bond donors (Lipinski definition) is 1. The SMILES string of the molecule is Cc1nnc(C(=O)Nc2cccc(C(=O)N(C)Cc3ccco3)c2)s1. The summed E-state index contributed by atoms with van der Waals surface area (Å²) >= 11 is 1.21. The molecule has 1 aromatic carbocycles. The van der Waals surface area contributed by atoms with E-state index in [0.717, 1.165) is 0 Å². The van der Waals surface area contributed by atoms with E-state index >= 15 is 0 Å². The third-order valence-corrected chi connectivity index (χ3v) is 4.24. The van der Waals surface area contributed by atoms with Gasteiger partial charge in [-0.15, -0.1) is 10.2 Å². The first-order valence-electron chi connectivity index (χ1n) is 7.52. The van der Waals surface area contributed by atoms with Crippen LogP contribution in [0.15, 0.2) is 47.1 Å². The Morgan fingerprint density at radius 2 is 2.08 bits per heavy atom. The Morgan fingerprint density at radius 3 is 2.76 bits per heavy atom. The van der Waals surface area contributed by atoms with Gasteiger partial charge in [-0.25, -0.2) is 0 Å². The predicted molar refractivity (Wildman–Crippen MR) is 93.5 cm³/mol. The highest BCUT2D eigenvalue weighted by atomic mass is 32.1. The standard InChI is InChI=1S/C17H16N4O3S/c1-11-19-20-16(25-11)15(22)18-13-6-3-5-12(9-13)17(23)21(2)10-14-7-4-8-24-14/h3-9H,10H2,1-2H3,(H,18,22). The van der Waals surface area contributed by atoms with Gasteiger partial charge in [0.15, 0.2) is 0 Å². The average molecular weight is 356 g/mol. The Kier molecular flexibility index (Phi) is 4.90. The predicted octanol–water partition coefficient (Wildman–Crippen LogP) is 2.96. The summed E-state index contributed by atoms with van der Waals surface area (Å²) in [6.07, 6.45) is 1.57. The summed E-state index contributed by atoms with van der Waals surface area (Å²) < 4.78 is 5.25. The van der Waals surface area contributed by atoms with Crippen molar-refractivity contribution in [2.24, 2.45) is 0 Å². The molecule has 128 valence electrons. The van der Waals surface area contributed by atoms with Crippen LogP contribution in [0.5, 0.6) is 0 Å². The number of nitrogens with zero attached hydrogens (tertiary/aromatic N) is 3. The quantitative estimate of drug-likeness (QED) is 0.759. The zero-order valence-corrected chi connectivity index (χ0v) is 14.5. The molecule has 0 atom stereocenters. The third-order valence-electron chi connectivity index (χ3n) is 3.41.